The Balaban J connectivity index is 2.38. The summed E-state index contributed by atoms with van der Waals surface area (Å²) < 4.78 is 5.37. The van der Waals surface area contributed by atoms with Crippen LogP contribution in [0.2, 0.25) is 0 Å². The molecule has 2 nitrogen and oxygen atoms in total. The molecule has 0 aromatic heterocycles. The van der Waals surface area contributed by atoms with Gasteiger partial charge in [0.2, 0.25) is 0 Å². The number of nitrogens with two attached hydrogens (primary N) is 1. The monoisotopic (exact) mass is 191 g/mol. The molecule has 1 aliphatic rings. The van der Waals surface area contributed by atoms with Crippen molar-refractivity contribution < 1.29 is 4.74 Å². The van der Waals surface area contributed by atoms with Gasteiger partial charge in [0.25, 0.3) is 0 Å². The fraction of sp³-hybridized carbons (Fsp3) is 0.500. The van der Waals surface area contributed by atoms with Crippen molar-refractivity contribution in [1.29, 1.82) is 0 Å². The summed E-state index contributed by atoms with van der Waals surface area (Å²) in [6, 6.07) is 8.23. The minimum atomic E-state index is 0.201. The van der Waals surface area contributed by atoms with E-state index in [1.54, 1.807) is 7.11 Å². The highest BCUT2D eigenvalue weighted by Gasteiger charge is 2.39. The third-order valence-corrected chi connectivity index (χ3v) is 3.38. The summed E-state index contributed by atoms with van der Waals surface area (Å²) in [4.78, 5) is 0. The molecule has 1 fully saturated rings. The predicted octanol–water partition coefficient (Wildman–Crippen LogP) is 2.08. The summed E-state index contributed by atoms with van der Waals surface area (Å²) in [5.74, 6) is 0.984. The highest BCUT2D eigenvalue weighted by Crippen LogP contribution is 2.46. The number of hydrogen-bond acceptors (Lipinski definition) is 2. The normalized spacial score (nSPS) is 18.7. The molecule has 0 atom stereocenters. The zero-order valence-electron chi connectivity index (χ0n) is 8.62. The average Bonchev–Trinajstić information content (AvgIpc) is 2.18. The maximum Gasteiger partial charge on any atom is 0.122 e. The van der Waals surface area contributed by atoms with Gasteiger partial charge < -0.3 is 10.5 Å². The van der Waals surface area contributed by atoms with E-state index in [9.17, 15) is 0 Å². The van der Waals surface area contributed by atoms with Crippen LogP contribution in [0.5, 0.6) is 5.75 Å². The van der Waals surface area contributed by atoms with Gasteiger partial charge in [0, 0.05) is 17.5 Å². The van der Waals surface area contributed by atoms with Gasteiger partial charge in [-0.15, -0.1) is 0 Å². The van der Waals surface area contributed by atoms with Gasteiger partial charge in [-0.2, -0.15) is 0 Å². The molecule has 0 heterocycles. The summed E-state index contributed by atoms with van der Waals surface area (Å²) in [5.41, 5.74) is 7.36. The second kappa shape index (κ2) is 3.62. The predicted molar refractivity (Wildman–Crippen MR) is 57.6 cm³/mol. The molecule has 0 bridgehead atoms. The molecule has 0 radical (unpaired) electrons. The molecular formula is C12H17NO. The molecule has 0 saturated heterocycles. The third-order valence-electron chi connectivity index (χ3n) is 3.38. The van der Waals surface area contributed by atoms with Crippen LogP contribution in [0.15, 0.2) is 24.3 Å². The average molecular weight is 191 g/mol. The number of hydrogen-bond donors (Lipinski definition) is 1. The second-order valence-electron chi connectivity index (χ2n) is 4.04. The molecule has 0 amide bonds. The molecule has 1 aliphatic carbocycles. The lowest BCUT2D eigenvalue weighted by Crippen LogP contribution is -2.41. The number of para-hydroxylation sites is 1. The summed E-state index contributed by atoms with van der Waals surface area (Å²) in [5, 5.41) is 0. The molecule has 1 aromatic carbocycles. The van der Waals surface area contributed by atoms with Gasteiger partial charge in [-0.05, 0) is 18.9 Å². The SMILES string of the molecule is COc1ccccc1C1(CN)CCC1. The lowest BCUT2D eigenvalue weighted by atomic mass is 9.64. The van der Waals surface area contributed by atoms with Crippen LogP contribution in [0.3, 0.4) is 0 Å². The van der Waals surface area contributed by atoms with E-state index in [0.29, 0.717) is 0 Å². The maximum atomic E-state index is 5.87. The van der Waals surface area contributed by atoms with Crippen molar-refractivity contribution >= 4 is 0 Å². The van der Waals surface area contributed by atoms with Crippen LogP contribution in [0.4, 0.5) is 0 Å². The zero-order valence-corrected chi connectivity index (χ0v) is 8.62. The molecule has 0 aliphatic heterocycles. The van der Waals surface area contributed by atoms with Crippen molar-refractivity contribution in [1.82, 2.24) is 0 Å². The second-order valence-corrected chi connectivity index (χ2v) is 4.04. The van der Waals surface area contributed by atoms with Crippen LogP contribution in [0.1, 0.15) is 24.8 Å². The lowest BCUT2D eigenvalue weighted by molar-refractivity contribution is 0.243. The Morgan fingerprint density at radius 2 is 2.07 bits per heavy atom. The van der Waals surface area contributed by atoms with E-state index in [1.807, 2.05) is 12.1 Å². The van der Waals surface area contributed by atoms with Gasteiger partial charge in [-0.25, -0.2) is 0 Å². The summed E-state index contributed by atoms with van der Waals surface area (Å²) in [7, 11) is 1.72. The van der Waals surface area contributed by atoms with E-state index in [1.165, 1.54) is 24.8 Å². The Morgan fingerprint density at radius 3 is 2.57 bits per heavy atom. The smallest absolute Gasteiger partial charge is 0.122 e. The Morgan fingerprint density at radius 1 is 1.36 bits per heavy atom. The van der Waals surface area contributed by atoms with Crippen molar-refractivity contribution in [2.75, 3.05) is 13.7 Å². The van der Waals surface area contributed by atoms with Crippen LogP contribution in [-0.2, 0) is 5.41 Å². The molecule has 1 saturated carbocycles. The number of rotatable bonds is 3. The number of benzene rings is 1. The highest BCUT2D eigenvalue weighted by molar-refractivity contribution is 5.41. The first-order valence-electron chi connectivity index (χ1n) is 5.16. The Bertz CT molecular complexity index is 312. The van der Waals surface area contributed by atoms with Crippen molar-refractivity contribution in [3.05, 3.63) is 29.8 Å². The topological polar surface area (TPSA) is 35.2 Å². The van der Waals surface area contributed by atoms with Crippen molar-refractivity contribution in [3.63, 3.8) is 0 Å². The number of ether oxygens (including phenoxy) is 1. The van der Waals surface area contributed by atoms with E-state index < -0.39 is 0 Å². The van der Waals surface area contributed by atoms with Crippen LogP contribution in [0, 0.1) is 0 Å². The molecule has 1 aromatic rings. The molecular weight excluding hydrogens is 174 g/mol. The largest absolute Gasteiger partial charge is 0.496 e. The number of methoxy groups -OCH3 is 1. The van der Waals surface area contributed by atoms with Crippen LogP contribution in [-0.4, -0.2) is 13.7 Å². The summed E-state index contributed by atoms with van der Waals surface area (Å²) in [6.45, 7) is 0.730. The fourth-order valence-electron chi connectivity index (χ4n) is 2.27. The van der Waals surface area contributed by atoms with E-state index in [2.05, 4.69) is 12.1 Å². The first-order valence-corrected chi connectivity index (χ1v) is 5.16. The maximum absolute atomic E-state index is 5.87. The first kappa shape index (κ1) is 9.53. The minimum Gasteiger partial charge on any atom is -0.496 e. The van der Waals surface area contributed by atoms with Crippen LogP contribution >= 0.6 is 0 Å². The van der Waals surface area contributed by atoms with E-state index in [-0.39, 0.29) is 5.41 Å². The van der Waals surface area contributed by atoms with E-state index in [0.717, 1.165) is 12.3 Å². The van der Waals surface area contributed by atoms with Gasteiger partial charge in [0.1, 0.15) is 5.75 Å². The molecule has 2 rings (SSSR count). The van der Waals surface area contributed by atoms with Crippen molar-refractivity contribution in [3.8, 4) is 5.75 Å². The third kappa shape index (κ3) is 1.30. The van der Waals surface area contributed by atoms with Gasteiger partial charge in [0.15, 0.2) is 0 Å². The molecule has 0 unspecified atom stereocenters. The first-order chi connectivity index (χ1) is 6.82. The quantitative estimate of drug-likeness (QED) is 0.793. The standard InChI is InChI=1S/C12H17NO/c1-14-11-6-3-2-5-10(11)12(9-13)7-4-8-12/h2-3,5-6H,4,7-9,13H2,1H3. The lowest BCUT2D eigenvalue weighted by Gasteiger charge is -2.42. The van der Waals surface area contributed by atoms with Crippen LogP contribution < -0.4 is 10.5 Å². The van der Waals surface area contributed by atoms with Crippen LogP contribution in [0.25, 0.3) is 0 Å². The summed E-state index contributed by atoms with van der Waals surface area (Å²) >= 11 is 0. The summed E-state index contributed by atoms with van der Waals surface area (Å²) in [6.07, 6.45) is 3.68. The van der Waals surface area contributed by atoms with Gasteiger partial charge in [-0.3, -0.25) is 0 Å². The van der Waals surface area contributed by atoms with Gasteiger partial charge in [-0.1, -0.05) is 24.6 Å². The van der Waals surface area contributed by atoms with E-state index >= 15 is 0 Å². The van der Waals surface area contributed by atoms with Gasteiger partial charge in [0.05, 0.1) is 7.11 Å². The Hall–Kier alpha value is -1.02. The highest BCUT2D eigenvalue weighted by atomic mass is 16.5. The molecule has 2 heteroatoms. The van der Waals surface area contributed by atoms with Crippen molar-refractivity contribution in [2.24, 2.45) is 5.73 Å². The Kier molecular flexibility index (Phi) is 2.46. The zero-order chi connectivity index (χ0) is 10.0. The van der Waals surface area contributed by atoms with E-state index in [4.69, 9.17) is 10.5 Å². The fourth-order valence-corrected chi connectivity index (χ4v) is 2.27. The van der Waals surface area contributed by atoms with Gasteiger partial charge >= 0.3 is 0 Å². The molecule has 0 spiro atoms. The molecule has 2 N–H and O–H groups in total. The minimum absolute atomic E-state index is 0.201. The Labute approximate surface area is 85.1 Å². The van der Waals surface area contributed by atoms with Crippen molar-refractivity contribution in [2.45, 2.75) is 24.7 Å². The molecule has 76 valence electrons. The molecule has 14 heavy (non-hydrogen) atoms.